The summed E-state index contributed by atoms with van der Waals surface area (Å²) in [5, 5.41) is 10.8. The lowest BCUT2D eigenvalue weighted by atomic mass is 10.4. The lowest BCUT2D eigenvalue weighted by molar-refractivity contribution is -0.119. The third-order valence-corrected chi connectivity index (χ3v) is 3.56. The largest absolute Gasteiger partial charge is 0.461 e. The van der Waals surface area contributed by atoms with E-state index in [2.05, 4.69) is 16.8 Å². The minimum atomic E-state index is -0.857. The van der Waals surface area contributed by atoms with Gasteiger partial charge < -0.3 is 10.2 Å². The quantitative estimate of drug-likeness (QED) is 0.588. The molecular weight excluding hydrogens is 306 g/mol. The molecule has 3 amide bonds. The maximum absolute atomic E-state index is 11.3. The summed E-state index contributed by atoms with van der Waals surface area (Å²) < 4.78 is 7.16. The fourth-order valence-electron chi connectivity index (χ4n) is 1.71. The number of hydrogen-bond acceptors (Lipinski definition) is 6. The number of imide groups is 1. The van der Waals surface area contributed by atoms with Crippen LogP contribution in [0.5, 0.6) is 0 Å². The molecule has 0 aromatic carbocycles. The third-order valence-electron chi connectivity index (χ3n) is 2.59. The Hall–Kier alpha value is -2.55. The van der Waals surface area contributed by atoms with Crippen molar-refractivity contribution in [2.24, 2.45) is 5.73 Å². The van der Waals surface area contributed by atoms with Crippen molar-refractivity contribution >= 4 is 23.7 Å². The molecule has 22 heavy (non-hydrogen) atoms. The molecule has 0 fully saturated rings. The average Bonchev–Trinajstić information content (AvgIpc) is 3.08. The SMILES string of the molecule is C=CCn1c(SCCC(=O)NC(N)=O)nnc1-c1ccco1. The molecule has 0 saturated heterocycles. The number of nitrogens with two attached hydrogens (primary N) is 1. The number of thioether (sulfide) groups is 1. The molecule has 0 spiro atoms. The number of primary amides is 1. The Labute approximate surface area is 130 Å². The van der Waals surface area contributed by atoms with Crippen LogP contribution in [0.25, 0.3) is 11.6 Å². The van der Waals surface area contributed by atoms with Crippen LogP contribution in [-0.2, 0) is 11.3 Å². The monoisotopic (exact) mass is 321 g/mol. The molecule has 0 aliphatic carbocycles. The number of carbonyl (C=O) groups excluding carboxylic acids is 2. The van der Waals surface area contributed by atoms with E-state index in [1.165, 1.54) is 11.8 Å². The van der Waals surface area contributed by atoms with E-state index in [0.29, 0.717) is 29.0 Å². The van der Waals surface area contributed by atoms with Gasteiger partial charge in [-0.05, 0) is 12.1 Å². The first-order valence-electron chi connectivity index (χ1n) is 6.42. The minimum Gasteiger partial charge on any atom is -0.461 e. The van der Waals surface area contributed by atoms with Crippen molar-refractivity contribution in [3.8, 4) is 11.6 Å². The Kier molecular flexibility index (Phi) is 5.37. The zero-order valence-electron chi connectivity index (χ0n) is 11.7. The molecule has 0 bridgehead atoms. The average molecular weight is 321 g/mol. The van der Waals surface area contributed by atoms with Crippen LogP contribution >= 0.6 is 11.8 Å². The topological polar surface area (TPSA) is 116 Å². The Balaban J connectivity index is 2.03. The Morgan fingerprint density at radius 3 is 2.95 bits per heavy atom. The number of furan rings is 1. The smallest absolute Gasteiger partial charge is 0.318 e. The van der Waals surface area contributed by atoms with Gasteiger partial charge in [-0.25, -0.2) is 4.79 Å². The van der Waals surface area contributed by atoms with Gasteiger partial charge in [-0.2, -0.15) is 0 Å². The van der Waals surface area contributed by atoms with E-state index in [1.54, 1.807) is 24.5 Å². The van der Waals surface area contributed by atoms with E-state index in [0.717, 1.165) is 0 Å². The van der Waals surface area contributed by atoms with E-state index in [1.807, 2.05) is 9.88 Å². The number of rotatable bonds is 7. The van der Waals surface area contributed by atoms with Crippen molar-refractivity contribution in [2.75, 3.05) is 5.75 Å². The maximum atomic E-state index is 11.3. The fraction of sp³-hybridized carbons (Fsp3) is 0.231. The molecule has 0 radical (unpaired) electrons. The van der Waals surface area contributed by atoms with Crippen LogP contribution in [0.1, 0.15) is 6.42 Å². The number of nitrogens with one attached hydrogen (secondary N) is 1. The van der Waals surface area contributed by atoms with Crippen LogP contribution < -0.4 is 11.1 Å². The summed E-state index contributed by atoms with van der Waals surface area (Å²) in [6.07, 6.45) is 3.42. The first-order valence-corrected chi connectivity index (χ1v) is 7.40. The van der Waals surface area contributed by atoms with Crippen molar-refractivity contribution in [2.45, 2.75) is 18.1 Å². The molecule has 3 N–H and O–H groups in total. The predicted molar refractivity (Wildman–Crippen MR) is 81.0 cm³/mol. The first-order chi connectivity index (χ1) is 10.6. The lowest BCUT2D eigenvalue weighted by Crippen LogP contribution is -2.35. The van der Waals surface area contributed by atoms with Gasteiger partial charge in [0.1, 0.15) is 0 Å². The molecule has 2 rings (SSSR count). The van der Waals surface area contributed by atoms with Crippen LogP contribution in [0.15, 0.2) is 40.6 Å². The van der Waals surface area contributed by atoms with E-state index >= 15 is 0 Å². The van der Waals surface area contributed by atoms with Gasteiger partial charge in [0, 0.05) is 18.7 Å². The number of allylic oxidation sites excluding steroid dienone is 1. The number of carbonyl (C=O) groups is 2. The van der Waals surface area contributed by atoms with Gasteiger partial charge in [0.05, 0.1) is 6.26 Å². The van der Waals surface area contributed by atoms with Crippen LogP contribution in [0.2, 0.25) is 0 Å². The zero-order chi connectivity index (χ0) is 15.9. The highest BCUT2D eigenvalue weighted by Crippen LogP contribution is 2.24. The molecule has 0 aliphatic rings. The highest BCUT2D eigenvalue weighted by atomic mass is 32.2. The van der Waals surface area contributed by atoms with Crippen molar-refractivity contribution in [3.63, 3.8) is 0 Å². The van der Waals surface area contributed by atoms with Crippen molar-refractivity contribution in [1.82, 2.24) is 20.1 Å². The fourth-order valence-corrected chi connectivity index (χ4v) is 2.60. The van der Waals surface area contributed by atoms with Crippen molar-refractivity contribution in [1.29, 1.82) is 0 Å². The molecule has 2 heterocycles. The van der Waals surface area contributed by atoms with E-state index in [-0.39, 0.29) is 6.42 Å². The van der Waals surface area contributed by atoms with Crippen molar-refractivity contribution in [3.05, 3.63) is 31.1 Å². The van der Waals surface area contributed by atoms with Gasteiger partial charge >= 0.3 is 6.03 Å². The van der Waals surface area contributed by atoms with E-state index < -0.39 is 11.9 Å². The van der Waals surface area contributed by atoms with E-state index in [9.17, 15) is 9.59 Å². The standard InChI is InChI=1S/C13H15N5O3S/c1-2-6-18-11(9-4-3-7-21-9)16-17-13(18)22-8-5-10(19)15-12(14)20/h2-4,7H,1,5-6,8H2,(H3,14,15,19,20). The van der Waals surface area contributed by atoms with Gasteiger partial charge in [0.2, 0.25) is 11.7 Å². The summed E-state index contributed by atoms with van der Waals surface area (Å²) in [6, 6.07) is 2.70. The summed E-state index contributed by atoms with van der Waals surface area (Å²) in [7, 11) is 0. The van der Waals surface area contributed by atoms with Crippen LogP contribution in [-0.4, -0.2) is 32.5 Å². The van der Waals surface area contributed by atoms with Gasteiger partial charge in [-0.3, -0.25) is 14.7 Å². The molecule has 9 heteroatoms. The predicted octanol–water partition coefficient (Wildman–Crippen LogP) is 1.40. The Bertz CT molecular complexity index is 665. The number of urea groups is 1. The number of hydrogen-bond donors (Lipinski definition) is 2. The summed E-state index contributed by atoms with van der Waals surface area (Å²) in [5.41, 5.74) is 4.87. The summed E-state index contributed by atoms with van der Waals surface area (Å²) in [4.78, 5) is 21.9. The van der Waals surface area contributed by atoms with Gasteiger partial charge in [0.25, 0.3) is 0 Å². The normalized spacial score (nSPS) is 10.4. The summed E-state index contributed by atoms with van der Waals surface area (Å²) >= 11 is 1.35. The van der Waals surface area contributed by atoms with Crippen molar-refractivity contribution < 1.29 is 14.0 Å². The second kappa shape index (κ2) is 7.46. The summed E-state index contributed by atoms with van der Waals surface area (Å²) in [6.45, 7) is 4.22. The molecule has 116 valence electrons. The number of nitrogens with zero attached hydrogens (tertiary/aromatic N) is 3. The highest BCUT2D eigenvalue weighted by molar-refractivity contribution is 7.99. The Morgan fingerprint density at radius 2 is 2.32 bits per heavy atom. The van der Waals surface area contributed by atoms with Gasteiger partial charge in [0.15, 0.2) is 10.9 Å². The molecule has 2 aromatic rings. The molecule has 2 aromatic heterocycles. The first kappa shape index (κ1) is 15.8. The van der Waals surface area contributed by atoms with Crippen LogP contribution in [0.3, 0.4) is 0 Å². The molecule has 0 atom stereocenters. The lowest BCUT2D eigenvalue weighted by Gasteiger charge is -2.06. The molecule has 0 saturated carbocycles. The van der Waals surface area contributed by atoms with Gasteiger partial charge in [-0.15, -0.1) is 16.8 Å². The molecular formula is C13H15N5O3S. The third kappa shape index (κ3) is 3.98. The van der Waals surface area contributed by atoms with Crippen LogP contribution in [0, 0.1) is 0 Å². The maximum Gasteiger partial charge on any atom is 0.318 e. The number of aromatic nitrogens is 3. The number of amides is 3. The molecule has 8 nitrogen and oxygen atoms in total. The summed E-state index contributed by atoms with van der Waals surface area (Å²) in [5.74, 6) is 1.20. The van der Waals surface area contributed by atoms with Gasteiger partial charge in [-0.1, -0.05) is 17.8 Å². The van der Waals surface area contributed by atoms with Crippen LogP contribution in [0.4, 0.5) is 4.79 Å². The highest BCUT2D eigenvalue weighted by Gasteiger charge is 2.15. The second-order valence-corrected chi connectivity index (χ2v) is 5.26. The molecule has 0 aliphatic heterocycles. The van der Waals surface area contributed by atoms with E-state index in [4.69, 9.17) is 10.2 Å². The molecule has 0 unspecified atom stereocenters. The Morgan fingerprint density at radius 1 is 1.50 bits per heavy atom. The zero-order valence-corrected chi connectivity index (χ0v) is 12.5. The minimum absolute atomic E-state index is 0.143. The second-order valence-electron chi connectivity index (χ2n) is 4.19.